The van der Waals surface area contributed by atoms with Gasteiger partial charge in [-0.1, -0.05) is 20.3 Å². The zero-order valence-electron chi connectivity index (χ0n) is 8.67. The predicted octanol–water partition coefficient (Wildman–Crippen LogP) is 2.88. The third kappa shape index (κ3) is 2.20. The van der Waals surface area contributed by atoms with E-state index in [1.807, 2.05) is 6.07 Å². The van der Waals surface area contributed by atoms with Crippen molar-refractivity contribution in [3.05, 3.63) is 23.4 Å². The molecule has 1 rings (SSSR count). The standard InChI is InChI=1S/C11H18N2/c1-4-5-8(2)10-9(3)6-7-13-11(10)12/h6-8H,4-5H2,1-3H3,(H2,12,13). The largest absolute Gasteiger partial charge is 0.383 e. The topological polar surface area (TPSA) is 38.9 Å². The number of hydrogen-bond acceptors (Lipinski definition) is 2. The average Bonchev–Trinajstić information content (AvgIpc) is 2.04. The van der Waals surface area contributed by atoms with Crippen LogP contribution in [0.2, 0.25) is 0 Å². The number of hydrogen-bond donors (Lipinski definition) is 1. The molecular formula is C11H18N2. The molecule has 1 unspecified atom stereocenters. The first-order chi connectivity index (χ1) is 6.16. The molecule has 2 nitrogen and oxygen atoms in total. The highest BCUT2D eigenvalue weighted by Gasteiger charge is 2.11. The van der Waals surface area contributed by atoms with E-state index in [9.17, 15) is 0 Å². The third-order valence-corrected chi connectivity index (χ3v) is 2.45. The number of rotatable bonds is 3. The lowest BCUT2D eigenvalue weighted by Crippen LogP contribution is -2.03. The molecule has 2 N–H and O–H groups in total. The van der Waals surface area contributed by atoms with E-state index in [1.165, 1.54) is 24.0 Å². The van der Waals surface area contributed by atoms with Crippen molar-refractivity contribution in [2.45, 2.75) is 39.5 Å². The zero-order chi connectivity index (χ0) is 9.84. The van der Waals surface area contributed by atoms with Crippen LogP contribution in [0, 0.1) is 6.92 Å². The summed E-state index contributed by atoms with van der Waals surface area (Å²) >= 11 is 0. The summed E-state index contributed by atoms with van der Waals surface area (Å²) in [4.78, 5) is 4.12. The first-order valence-electron chi connectivity index (χ1n) is 4.87. The molecule has 0 saturated carbocycles. The first kappa shape index (κ1) is 10.0. The lowest BCUT2D eigenvalue weighted by molar-refractivity contribution is 0.661. The van der Waals surface area contributed by atoms with Crippen LogP contribution >= 0.6 is 0 Å². The van der Waals surface area contributed by atoms with E-state index in [4.69, 9.17) is 5.73 Å². The van der Waals surface area contributed by atoms with Crippen LogP contribution in [0.4, 0.5) is 5.82 Å². The fraction of sp³-hybridized carbons (Fsp3) is 0.545. The minimum absolute atomic E-state index is 0.527. The first-order valence-corrected chi connectivity index (χ1v) is 4.87. The Kier molecular flexibility index (Phi) is 3.29. The third-order valence-electron chi connectivity index (χ3n) is 2.45. The van der Waals surface area contributed by atoms with Gasteiger partial charge in [-0.05, 0) is 36.5 Å². The summed E-state index contributed by atoms with van der Waals surface area (Å²) in [6.07, 6.45) is 4.14. The van der Waals surface area contributed by atoms with Gasteiger partial charge in [-0.3, -0.25) is 0 Å². The van der Waals surface area contributed by atoms with E-state index in [1.54, 1.807) is 6.20 Å². The van der Waals surface area contributed by atoms with E-state index in [0.29, 0.717) is 11.7 Å². The summed E-state index contributed by atoms with van der Waals surface area (Å²) in [5.41, 5.74) is 8.33. The van der Waals surface area contributed by atoms with Crippen LogP contribution in [-0.2, 0) is 0 Å². The van der Waals surface area contributed by atoms with Crippen molar-refractivity contribution in [3.63, 3.8) is 0 Å². The van der Waals surface area contributed by atoms with Gasteiger partial charge in [-0.25, -0.2) is 4.98 Å². The van der Waals surface area contributed by atoms with Gasteiger partial charge in [0.1, 0.15) is 5.82 Å². The van der Waals surface area contributed by atoms with Crippen molar-refractivity contribution >= 4 is 5.82 Å². The highest BCUT2D eigenvalue weighted by Crippen LogP contribution is 2.27. The summed E-state index contributed by atoms with van der Waals surface area (Å²) in [7, 11) is 0. The van der Waals surface area contributed by atoms with Crippen LogP contribution in [0.1, 0.15) is 43.7 Å². The predicted molar refractivity (Wildman–Crippen MR) is 56.7 cm³/mol. The number of nitrogen functional groups attached to an aromatic ring is 1. The minimum atomic E-state index is 0.527. The number of anilines is 1. The Morgan fingerprint density at radius 2 is 2.23 bits per heavy atom. The molecule has 13 heavy (non-hydrogen) atoms. The van der Waals surface area contributed by atoms with E-state index < -0.39 is 0 Å². The average molecular weight is 178 g/mol. The molecule has 0 aliphatic rings. The minimum Gasteiger partial charge on any atom is -0.383 e. The molecule has 0 saturated heterocycles. The van der Waals surface area contributed by atoms with Gasteiger partial charge in [0.2, 0.25) is 0 Å². The highest BCUT2D eigenvalue weighted by molar-refractivity contribution is 5.45. The molecule has 72 valence electrons. The van der Waals surface area contributed by atoms with Crippen LogP contribution in [-0.4, -0.2) is 4.98 Å². The van der Waals surface area contributed by atoms with Crippen molar-refractivity contribution in [1.29, 1.82) is 0 Å². The number of nitrogens with two attached hydrogens (primary N) is 1. The van der Waals surface area contributed by atoms with Crippen LogP contribution < -0.4 is 5.73 Å². The molecule has 1 aromatic rings. The van der Waals surface area contributed by atoms with Gasteiger partial charge in [0.15, 0.2) is 0 Å². The van der Waals surface area contributed by atoms with Crippen LogP contribution in [0.25, 0.3) is 0 Å². The summed E-state index contributed by atoms with van der Waals surface area (Å²) in [5, 5.41) is 0. The number of nitrogens with zero attached hydrogens (tertiary/aromatic N) is 1. The maximum atomic E-state index is 5.84. The molecule has 0 aliphatic carbocycles. The zero-order valence-corrected chi connectivity index (χ0v) is 8.67. The Labute approximate surface area is 80.2 Å². The molecule has 1 heterocycles. The van der Waals surface area contributed by atoms with E-state index in [0.717, 1.165) is 0 Å². The SMILES string of the molecule is CCCC(C)c1c(C)ccnc1N. The van der Waals surface area contributed by atoms with Crippen molar-refractivity contribution in [2.24, 2.45) is 0 Å². The molecule has 0 fully saturated rings. The van der Waals surface area contributed by atoms with Gasteiger partial charge < -0.3 is 5.73 Å². The lowest BCUT2D eigenvalue weighted by Gasteiger charge is -2.15. The Morgan fingerprint density at radius 3 is 2.77 bits per heavy atom. The number of aryl methyl sites for hydroxylation is 1. The van der Waals surface area contributed by atoms with Crippen LogP contribution in [0.5, 0.6) is 0 Å². The maximum Gasteiger partial charge on any atom is 0.127 e. The molecule has 0 aromatic carbocycles. The molecular weight excluding hydrogens is 160 g/mol. The Hall–Kier alpha value is -1.05. The smallest absolute Gasteiger partial charge is 0.127 e. The second kappa shape index (κ2) is 4.26. The summed E-state index contributed by atoms with van der Waals surface area (Å²) < 4.78 is 0. The van der Waals surface area contributed by atoms with Crippen molar-refractivity contribution in [2.75, 3.05) is 5.73 Å². The van der Waals surface area contributed by atoms with E-state index in [-0.39, 0.29) is 0 Å². The number of aromatic nitrogens is 1. The van der Waals surface area contributed by atoms with Gasteiger partial charge >= 0.3 is 0 Å². The maximum absolute atomic E-state index is 5.84. The quantitative estimate of drug-likeness (QED) is 0.773. The molecule has 2 heteroatoms. The van der Waals surface area contributed by atoms with Crippen LogP contribution in [0.15, 0.2) is 12.3 Å². The fourth-order valence-corrected chi connectivity index (χ4v) is 1.81. The summed E-state index contributed by atoms with van der Waals surface area (Å²) in [6, 6.07) is 2.03. The van der Waals surface area contributed by atoms with Crippen molar-refractivity contribution in [1.82, 2.24) is 4.98 Å². The molecule has 1 atom stereocenters. The Morgan fingerprint density at radius 1 is 1.54 bits per heavy atom. The fourth-order valence-electron chi connectivity index (χ4n) is 1.81. The summed E-state index contributed by atoms with van der Waals surface area (Å²) in [6.45, 7) is 6.50. The van der Waals surface area contributed by atoms with E-state index in [2.05, 4.69) is 25.8 Å². The van der Waals surface area contributed by atoms with Crippen molar-refractivity contribution < 1.29 is 0 Å². The second-order valence-electron chi connectivity index (χ2n) is 3.62. The molecule has 1 aromatic heterocycles. The lowest BCUT2D eigenvalue weighted by atomic mass is 9.93. The van der Waals surface area contributed by atoms with Crippen molar-refractivity contribution in [3.8, 4) is 0 Å². The molecule has 0 aliphatic heterocycles. The van der Waals surface area contributed by atoms with E-state index >= 15 is 0 Å². The van der Waals surface area contributed by atoms with Gasteiger partial charge in [0.25, 0.3) is 0 Å². The Balaban J connectivity index is 2.98. The second-order valence-corrected chi connectivity index (χ2v) is 3.62. The van der Waals surface area contributed by atoms with Gasteiger partial charge in [0.05, 0.1) is 0 Å². The highest BCUT2D eigenvalue weighted by atomic mass is 14.8. The van der Waals surface area contributed by atoms with Gasteiger partial charge in [-0.15, -0.1) is 0 Å². The van der Waals surface area contributed by atoms with Gasteiger partial charge in [0, 0.05) is 6.20 Å². The molecule has 0 radical (unpaired) electrons. The number of pyridine rings is 1. The van der Waals surface area contributed by atoms with Crippen LogP contribution in [0.3, 0.4) is 0 Å². The molecule has 0 bridgehead atoms. The van der Waals surface area contributed by atoms with Gasteiger partial charge in [-0.2, -0.15) is 0 Å². The summed E-state index contributed by atoms with van der Waals surface area (Å²) in [5.74, 6) is 1.22. The monoisotopic (exact) mass is 178 g/mol. The molecule has 0 spiro atoms. The Bertz CT molecular complexity index is 261. The normalized spacial score (nSPS) is 12.8. The molecule has 0 amide bonds.